The van der Waals surface area contributed by atoms with Crippen LogP contribution < -0.4 is 15.4 Å². The number of methoxy groups -OCH3 is 1. The summed E-state index contributed by atoms with van der Waals surface area (Å²) in [4.78, 5) is 4.55. The van der Waals surface area contributed by atoms with Crippen LogP contribution in [-0.2, 0) is 17.9 Å². The van der Waals surface area contributed by atoms with Crippen LogP contribution in [0, 0.1) is 0 Å². The molecule has 0 fully saturated rings. The molecule has 0 spiro atoms. The van der Waals surface area contributed by atoms with E-state index in [0.717, 1.165) is 23.4 Å². The zero-order valence-electron chi connectivity index (χ0n) is 16.0. The first-order chi connectivity index (χ1) is 13.2. The minimum absolute atomic E-state index is 0.258. The van der Waals surface area contributed by atoms with Gasteiger partial charge in [-0.1, -0.05) is 48.5 Å². The van der Waals surface area contributed by atoms with E-state index in [9.17, 15) is 5.11 Å². The van der Waals surface area contributed by atoms with Crippen molar-refractivity contribution in [3.8, 4) is 5.75 Å². The number of ether oxygens (including phenoxy) is 2. The SMILES string of the molecule is CCNC(=NCc1ccccc1OC)NCC(O)COCc1ccccc1. The minimum Gasteiger partial charge on any atom is -0.496 e. The van der Waals surface area contributed by atoms with Crippen LogP contribution in [0.4, 0.5) is 0 Å². The van der Waals surface area contributed by atoms with Gasteiger partial charge in [0.1, 0.15) is 5.75 Å². The first-order valence-corrected chi connectivity index (χ1v) is 9.16. The third-order valence-corrected chi connectivity index (χ3v) is 3.87. The van der Waals surface area contributed by atoms with Crippen molar-refractivity contribution in [2.75, 3.05) is 26.8 Å². The van der Waals surface area contributed by atoms with Gasteiger partial charge in [0.2, 0.25) is 0 Å². The van der Waals surface area contributed by atoms with Crippen molar-refractivity contribution in [2.45, 2.75) is 26.2 Å². The van der Waals surface area contributed by atoms with Crippen molar-refractivity contribution in [1.29, 1.82) is 0 Å². The summed E-state index contributed by atoms with van der Waals surface area (Å²) in [6, 6.07) is 17.7. The Labute approximate surface area is 161 Å². The predicted molar refractivity (Wildman–Crippen MR) is 108 cm³/mol. The number of aliphatic hydroxyl groups excluding tert-OH is 1. The molecule has 0 aliphatic rings. The van der Waals surface area contributed by atoms with Gasteiger partial charge in [-0.3, -0.25) is 0 Å². The van der Waals surface area contributed by atoms with Crippen LogP contribution in [0.3, 0.4) is 0 Å². The molecule has 2 rings (SSSR count). The Kier molecular flexibility index (Phi) is 9.17. The molecule has 27 heavy (non-hydrogen) atoms. The van der Waals surface area contributed by atoms with Crippen LogP contribution in [0.1, 0.15) is 18.1 Å². The molecular formula is C21H29N3O3. The molecular weight excluding hydrogens is 342 g/mol. The van der Waals surface area contributed by atoms with E-state index in [-0.39, 0.29) is 6.61 Å². The molecule has 1 atom stereocenters. The number of hydrogen-bond acceptors (Lipinski definition) is 4. The van der Waals surface area contributed by atoms with Crippen molar-refractivity contribution in [2.24, 2.45) is 4.99 Å². The van der Waals surface area contributed by atoms with Gasteiger partial charge in [-0.05, 0) is 18.6 Å². The summed E-state index contributed by atoms with van der Waals surface area (Å²) < 4.78 is 10.9. The summed E-state index contributed by atoms with van der Waals surface area (Å²) in [5, 5.41) is 16.4. The third kappa shape index (κ3) is 7.68. The van der Waals surface area contributed by atoms with Gasteiger partial charge in [0.15, 0.2) is 5.96 Å². The number of guanidine groups is 1. The number of nitrogens with one attached hydrogen (secondary N) is 2. The molecule has 2 aromatic carbocycles. The van der Waals surface area contributed by atoms with E-state index in [1.807, 2.05) is 61.5 Å². The monoisotopic (exact) mass is 371 g/mol. The molecule has 0 amide bonds. The lowest BCUT2D eigenvalue weighted by molar-refractivity contribution is 0.0308. The summed E-state index contributed by atoms with van der Waals surface area (Å²) >= 11 is 0. The molecule has 3 N–H and O–H groups in total. The van der Waals surface area contributed by atoms with E-state index in [1.54, 1.807) is 7.11 Å². The van der Waals surface area contributed by atoms with Gasteiger partial charge >= 0.3 is 0 Å². The van der Waals surface area contributed by atoms with Crippen molar-refractivity contribution in [3.05, 3.63) is 65.7 Å². The molecule has 0 radical (unpaired) electrons. The molecule has 0 heterocycles. The molecule has 0 aliphatic carbocycles. The van der Waals surface area contributed by atoms with Crippen molar-refractivity contribution < 1.29 is 14.6 Å². The Balaban J connectivity index is 1.78. The molecule has 6 nitrogen and oxygen atoms in total. The van der Waals surface area contributed by atoms with Crippen molar-refractivity contribution in [1.82, 2.24) is 10.6 Å². The molecule has 0 aromatic heterocycles. The Morgan fingerprint density at radius 3 is 2.56 bits per heavy atom. The highest BCUT2D eigenvalue weighted by Crippen LogP contribution is 2.17. The Morgan fingerprint density at radius 2 is 1.81 bits per heavy atom. The normalized spacial score (nSPS) is 12.5. The third-order valence-electron chi connectivity index (χ3n) is 3.87. The Morgan fingerprint density at radius 1 is 1.07 bits per heavy atom. The van der Waals surface area contributed by atoms with Gasteiger partial charge < -0.3 is 25.2 Å². The molecule has 2 aromatic rings. The highest BCUT2D eigenvalue weighted by Gasteiger charge is 2.07. The van der Waals surface area contributed by atoms with Crippen LogP contribution in [0.15, 0.2) is 59.6 Å². The number of hydrogen-bond donors (Lipinski definition) is 3. The van der Waals surface area contributed by atoms with Gasteiger partial charge in [-0.25, -0.2) is 4.99 Å². The van der Waals surface area contributed by atoms with Crippen LogP contribution in [0.25, 0.3) is 0 Å². The summed E-state index contributed by atoms with van der Waals surface area (Å²) in [7, 11) is 1.65. The maximum atomic E-state index is 10.1. The lowest BCUT2D eigenvalue weighted by atomic mass is 10.2. The fourth-order valence-corrected chi connectivity index (χ4v) is 2.50. The topological polar surface area (TPSA) is 75.1 Å². The maximum absolute atomic E-state index is 10.1. The van der Waals surface area contributed by atoms with Crippen LogP contribution in [0.5, 0.6) is 5.75 Å². The molecule has 6 heteroatoms. The number of aliphatic hydroxyl groups is 1. The summed E-state index contributed by atoms with van der Waals surface area (Å²) in [5.41, 5.74) is 2.09. The number of para-hydroxylation sites is 1. The molecule has 1 unspecified atom stereocenters. The van der Waals surface area contributed by atoms with E-state index in [4.69, 9.17) is 9.47 Å². The van der Waals surface area contributed by atoms with Gasteiger partial charge in [0.05, 0.1) is 33.0 Å². The van der Waals surface area contributed by atoms with E-state index >= 15 is 0 Å². The molecule has 0 bridgehead atoms. The summed E-state index contributed by atoms with van der Waals surface area (Å²) in [6.07, 6.45) is -0.621. The molecule has 0 aliphatic heterocycles. The molecule has 146 valence electrons. The molecule has 0 saturated heterocycles. The number of aliphatic imine (C=N–C) groups is 1. The van der Waals surface area contributed by atoms with E-state index < -0.39 is 6.10 Å². The predicted octanol–water partition coefficient (Wildman–Crippen LogP) is 2.33. The Hall–Kier alpha value is -2.57. The lowest BCUT2D eigenvalue weighted by Crippen LogP contribution is -2.42. The van der Waals surface area contributed by atoms with E-state index in [1.165, 1.54) is 0 Å². The average Bonchev–Trinajstić information content (AvgIpc) is 2.71. The quantitative estimate of drug-likeness (QED) is 0.441. The fourth-order valence-electron chi connectivity index (χ4n) is 2.50. The van der Waals surface area contributed by atoms with Gasteiger partial charge in [0, 0.05) is 18.7 Å². The second kappa shape index (κ2) is 11.9. The summed E-state index contributed by atoms with van der Waals surface area (Å²) in [6.45, 7) is 4.32. The van der Waals surface area contributed by atoms with Crippen molar-refractivity contribution >= 4 is 5.96 Å². The van der Waals surface area contributed by atoms with Crippen molar-refractivity contribution in [3.63, 3.8) is 0 Å². The second-order valence-corrected chi connectivity index (χ2v) is 6.04. The number of benzene rings is 2. The van der Waals surface area contributed by atoms with Gasteiger partial charge in [-0.15, -0.1) is 0 Å². The van der Waals surface area contributed by atoms with E-state index in [0.29, 0.717) is 25.7 Å². The zero-order chi connectivity index (χ0) is 19.3. The average molecular weight is 371 g/mol. The van der Waals surface area contributed by atoms with Gasteiger partial charge in [0.25, 0.3) is 0 Å². The Bertz CT molecular complexity index is 692. The molecule has 0 saturated carbocycles. The van der Waals surface area contributed by atoms with Crippen LogP contribution in [0.2, 0.25) is 0 Å². The summed E-state index contributed by atoms with van der Waals surface area (Å²) in [5.74, 6) is 1.46. The highest BCUT2D eigenvalue weighted by atomic mass is 16.5. The highest BCUT2D eigenvalue weighted by molar-refractivity contribution is 5.79. The number of rotatable bonds is 10. The standard InChI is InChI=1S/C21H29N3O3/c1-3-22-21(23-13-18-11-7-8-12-20(18)26-2)24-14-19(25)16-27-15-17-9-5-4-6-10-17/h4-12,19,25H,3,13-16H2,1-2H3,(H2,22,23,24). The van der Waals surface area contributed by atoms with Gasteiger partial charge in [-0.2, -0.15) is 0 Å². The van der Waals surface area contributed by atoms with E-state index in [2.05, 4.69) is 15.6 Å². The maximum Gasteiger partial charge on any atom is 0.191 e. The first kappa shape index (κ1) is 20.7. The fraction of sp³-hybridized carbons (Fsp3) is 0.381. The first-order valence-electron chi connectivity index (χ1n) is 9.16. The van der Waals surface area contributed by atoms with Crippen LogP contribution >= 0.6 is 0 Å². The second-order valence-electron chi connectivity index (χ2n) is 6.04. The zero-order valence-corrected chi connectivity index (χ0v) is 16.0. The largest absolute Gasteiger partial charge is 0.496 e. The smallest absolute Gasteiger partial charge is 0.191 e. The lowest BCUT2D eigenvalue weighted by Gasteiger charge is -2.16. The minimum atomic E-state index is -0.621. The van der Waals surface area contributed by atoms with Crippen LogP contribution in [-0.4, -0.2) is 44.0 Å². The number of nitrogens with zero attached hydrogens (tertiary/aromatic N) is 1.